The van der Waals surface area contributed by atoms with Crippen LogP contribution in [-0.2, 0) is 21.2 Å². The molecule has 29 heavy (non-hydrogen) atoms. The Morgan fingerprint density at radius 2 is 1.66 bits per heavy atom. The van der Waals surface area contributed by atoms with Gasteiger partial charge in [-0.25, -0.2) is 12.8 Å². The maximum Gasteiger partial charge on any atom is 0.264 e. The summed E-state index contributed by atoms with van der Waals surface area (Å²) in [5.41, 5.74) is 1.27. The van der Waals surface area contributed by atoms with Crippen molar-refractivity contribution in [1.82, 2.24) is 0 Å². The van der Waals surface area contributed by atoms with Gasteiger partial charge in [-0.1, -0.05) is 54.1 Å². The molecule has 0 spiro atoms. The number of nitrogens with zero attached hydrogens (tertiary/aromatic N) is 1. The minimum atomic E-state index is -4.02. The second-order valence-corrected chi connectivity index (χ2v) is 8.83. The maximum absolute atomic E-state index is 13.9. The molecule has 0 N–H and O–H groups in total. The van der Waals surface area contributed by atoms with E-state index in [2.05, 4.69) is 0 Å². The Morgan fingerprint density at radius 1 is 1.00 bits per heavy atom. The van der Waals surface area contributed by atoms with Gasteiger partial charge in [-0.15, -0.1) is 0 Å². The zero-order valence-electron chi connectivity index (χ0n) is 15.7. The van der Waals surface area contributed by atoms with Gasteiger partial charge in [-0.05, 0) is 48.4 Å². The van der Waals surface area contributed by atoms with Gasteiger partial charge in [0.15, 0.2) is 5.78 Å². The molecule has 0 bridgehead atoms. The summed E-state index contributed by atoms with van der Waals surface area (Å²) in [5, 5.41) is 0.386. The van der Waals surface area contributed by atoms with Gasteiger partial charge in [0.1, 0.15) is 5.82 Å². The van der Waals surface area contributed by atoms with Crippen molar-refractivity contribution in [3.8, 4) is 0 Å². The van der Waals surface area contributed by atoms with Crippen LogP contribution in [0.4, 0.5) is 10.1 Å². The van der Waals surface area contributed by atoms with E-state index in [1.165, 1.54) is 36.4 Å². The third-order valence-electron chi connectivity index (χ3n) is 4.44. The zero-order valence-corrected chi connectivity index (χ0v) is 17.3. The lowest BCUT2D eigenvalue weighted by molar-refractivity contribution is -0.117. The molecule has 7 heteroatoms. The highest BCUT2D eigenvalue weighted by Gasteiger charge is 2.27. The van der Waals surface area contributed by atoms with Crippen molar-refractivity contribution in [1.29, 1.82) is 0 Å². The van der Waals surface area contributed by atoms with Gasteiger partial charge in [-0.3, -0.25) is 9.10 Å². The van der Waals surface area contributed by atoms with Gasteiger partial charge in [-0.2, -0.15) is 0 Å². The number of halogens is 2. The molecule has 0 atom stereocenters. The number of Topliss-reactive ketones (excluding diaryl/α,β-unsaturated/α-hetero) is 1. The van der Waals surface area contributed by atoms with Crippen LogP contribution < -0.4 is 4.31 Å². The van der Waals surface area contributed by atoms with Crippen molar-refractivity contribution in [2.75, 3.05) is 10.8 Å². The third-order valence-corrected chi connectivity index (χ3v) is 6.64. The van der Waals surface area contributed by atoms with E-state index in [0.29, 0.717) is 5.02 Å². The van der Waals surface area contributed by atoms with Gasteiger partial charge in [0.2, 0.25) is 0 Å². The van der Waals surface area contributed by atoms with Crippen LogP contribution in [0.15, 0.2) is 77.7 Å². The zero-order chi connectivity index (χ0) is 21.0. The smallest absolute Gasteiger partial charge is 0.264 e. The van der Waals surface area contributed by atoms with Gasteiger partial charge < -0.3 is 0 Å². The Morgan fingerprint density at radius 3 is 2.31 bits per heavy atom. The average molecular weight is 432 g/mol. The summed E-state index contributed by atoms with van der Waals surface area (Å²) in [6, 6.07) is 18.6. The number of aryl methyl sites for hydroxylation is 1. The second-order valence-electron chi connectivity index (χ2n) is 6.57. The molecule has 4 nitrogen and oxygen atoms in total. The number of hydrogen-bond acceptors (Lipinski definition) is 3. The highest BCUT2D eigenvalue weighted by atomic mass is 35.5. The fourth-order valence-electron chi connectivity index (χ4n) is 2.84. The highest BCUT2D eigenvalue weighted by Crippen LogP contribution is 2.28. The Balaban J connectivity index is 1.98. The summed E-state index contributed by atoms with van der Waals surface area (Å²) in [7, 11) is -4.02. The summed E-state index contributed by atoms with van der Waals surface area (Å²) < 4.78 is 41.4. The first-order valence-electron chi connectivity index (χ1n) is 8.88. The van der Waals surface area contributed by atoms with Crippen LogP contribution in [0, 0.1) is 12.7 Å². The second kappa shape index (κ2) is 8.76. The molecular formula is C22H19ClFNO3S. The lowest BCUT2D eigenvalue weighted by Crippen LogP contribution is -2.36. The van der Waals surface area contributed by atoms with E-state index in [-0.39, 0.29) is 22.6 Å². The molecule has 0 saturated heterocycles. The largest absolute Gasteiger partial charge is 0.297 e. The Bertz CT molecular complexity index is 1130. The van der Waals surface area contributed by atoms with Crippen molar-refractivity contribution in [3.63, 3.8) is 0 Å². The number of sulfonamides is 1. The average Bonchev–Trinajstić information content (AvgIpc) is 2.71. The molecule has 0 radical (unpaired) electrons. The van der Waals surface area contributed by atoms with E-state index >= 15 is 0 Å². The van der Waals surface area contributed by atoms with Crippen molar-refractivity contribution < 1.29 is 17.6 Å². The molecule has 0 aliphatic rings. The SMILES string of the molecule is Cc1ccc(N(CC(=O)Cc2ccccc2F)S(=O)(=O)c2ccccc2)cc1Cl. The first-order chi connectivity index (χ1) is 13.8. The topological polar surface area (TPSA) is 54.5 Å². The molecule has 150 valence electrons. The van der Waals surface area contributed by atoms with Crippen molar-refractivity contribution in [3.05, 3.63) is 94.8 Å². The normalized spacial score (nSPS) is 11.3. The third kappa shape index (κ3) is 4.83. The van der Waals surface area contributed by atoms with Crippen LogP contribution in [-0.4, -0.2) is 20.7 Å². The fraction of sp³-hybridized carbons (Fsp3) is 0.136. The number of ketones is 1. The van der Waals surface area contributed by atoms with Gasteiger partial charge >= 0.3 is 0 Å². The molecule has 0 fully saturated rings. The minimum Gasteiger partial charge on any atom is -0.297 e. The van der Waals surface area contributed by atoms with E-state index in [4.69, 9.17) is 11.6 Å². The van der Waals surface area contributed by atoms with Crippen LogP contribution in [0.5, 0.6) is 0 Å². The number of carbonyl (C=O) groups excluding carboxylic acids is 1. The first-order valence-corrected chi connectivity index (χ1v) is 10.7. The molecular weight excluding hydrogens is 413 g/mol. The van der Waals surface area contributed by atoms with Crippen LogP contribution >= 0.6 is 11.6 Å². The van der Waals surface area contributed by atoms with E-state index in [0.717, 1.165) is 9.87 Å². The van der Waals surface area contributed by atoms with Gasteiger partial charge in [0.05, 0.1) is 17.1 Å². The Hall–Kier alpha value is -2.70. The summed E-state index contributed by atoms with van der Waals surface area (Å²) >= 11 is 6.19. The van der Waals surface area contributed by atoms with Crippen molar-refractivity contribution in [2.24, 2.45) is 0 Å². The predicted molar refractivity (Wildman–Crippen MR) is 112 cm³/mol. The quantitative estimate of drug-likeness (QED) is 0.540. The number of rotatable bonds is 7. The molecule has 3 aromatic carbocycles. The molecule has 0 amide bonds. The van der Waals surface area contributed by atoms with E-state index < -0.39 is 28.2 Å². The van der Waals surface area contributed by atoms with E-state index in [1.807, 2.05) is 0 Å². The van der Waals surface area contributed by atoms with Crippen LogP contribution in [0.1, 0.15) is 11.1 Å². The molecule has 0 aliphatic heterocycles. The summed E-state index contributed by atoms with van der Waals surface area (Å²) in [6.07, 6.45) is -0.215. The highest BCUT2D eigenvalue weighted by molar-refractivity contribution is 7.92. The first kappa shape index (κ1) is 21.0. The lowest BCUT2D eigenvalue weighted by Gasteiger charge is -2.24. The van der Waals surface area contributed by atoms with Crippen LogP contribution in [0.2, 0.25) is 5.02 Å². The number of carbonyl (C=O) groups is 1. The minimum absolute atomic E-state index is 0.0513. The van der Waals surface area contributed by atoms with Crippen molar-refractivity contribution in [2.45, 2.75) is 18.2 Å². The molecule has 0 unspecified atom stereocenters. The molecule has 0 aliphatic carbocycles. The molecule has 3 aromatic rings. The molecule has 0 heterocycles. The lowest BCUT2D eigenvalue weighted by atomic mass is 10.1. The maximum atomic E-state index is 13.9. The monoisotopic (exact) mass is 431 g/mol. The van der Waals surface area contributed by atoms with E-state index in [1.54, 1.807) is 43.3 Å². The molecule has 0 saturated carbocycles. The number of anilines is 1. The van der Waals surface area contributed by atoms with Crippen LogP contribution in [0.25, 0.3) is 0 Å². The summed E-state index contributed by atoms with van der Waals surface area (Å²) in [6.45, 7) is 1.36. The summed E-state index contributed by atoms with van der Waals surface area (Å²) in [4.78, 5) is 12.7. The summed E-state index contributed by atoms with van der Waals surface area (Å²) in [5.74, 6) is -0.942. The van der Waals surface area contributed by atoms with E-state index in [9.17, 15) is 17.6 Å². The van der Waals surface area contributed by atoms with Gasteiger partial charge in [0, 0.05) is 11.4 Å². The standard InChI is InChI=1S/C22H19ClFNO3S/c1-16-11-12-18(14-21(16)23)25(29(27,28)20-8-3-2-4-9-20)15-19(26)13-17-7-5-6-10-22(17)24/h2-12,14H,13,15H2,1H3. The number of benzene rings is 3. The number of hydrogen-bond donors (Lipinski definition) is 0. The molecule has 0 aromatic heterocycles. The Kier molecular flexibility index (Phi) is 6.35. The predicted octanol–water partition coefficient (Wildman–Crippen LogP) is 4.79. The van der Waals surface area contributed by atoms with Gasteiger partial charge in [0.25, 0.3) is 10.0 Å². The Labute approximate surface area is 174 Å². The van der Waals surface area contributed by atoms with Crippen LogP contribution in [0.3, 0.4) is 0 Å². The fourth-order valence-corrected chi connectivity index (χ4v) is 4.48. The molecule has 3 rings (SSSR count). The van der Waals surface area contributed by atoms with Crippen molar-refractivity contribution >= 4 is 33.1 Å².